The van der Waals surface area contributed by atoms with Crippen LogP contribution >= 0.6 is 11.8 Å². The summed E-state index contributed by atoms with van der Waals surface area (Å²) < 4.78 is 7.65. The van der Waals surface area contributed by atoms with E-state index < -0.39 is 0 Å². The second-order valence-corrected chi connectivity index (χ2v) is 6.09. The van der Waals surface area contributed by atoms with Gasteiger partial charge in [-0.15, -0.1) is 18.2 Å². The standard InChI is InChI=1S/C15H23N5OS/c1-4-8-22-9-5-17-15(16-2)20-6-7-21-14(12-20)13-10-18-19(3)11-13/h1,10-11,14H,5-9,12H2,2-3H3,(H,16,17). The molecule has 2 rings (SSSR count). The highest BCUT2D eigenvalue weighted by Gasteiger charge is 2.24. The zero-order chi connectivity index (χ0) is 15.8. The molecule has 1 aliphatic heterocycles. The number of rotatable bonds is 5. The molecule has 0 amide bonds. The normalized spacial score (nSPS) is 19.0. The molecule has 1 atom stereocenters. The molecule has 1 N–H and O–H groups in total. The molecule has 120 valence electrons. The Hall–Kier alpha value is -1.65. The van der Waals surface area contributed by atoms with Crippen LogP contribution in [0.4, 0.5) is 0 Å². The van der Waals surface area contributed by atoms with Gasteiger partial charge in [0.1, 0.15) is 6.10 Å². The van der Waals surface area contributed by atoms with Crippen LogP contribution in [0.2, 0.25) is 0 Å². The van der Waals surface area contributed by atoms with Gasteiger partial charge in [-0.3, -0.25) is 9.67 Å². The van der Waals surface area contributed by atoms with E-state index in [1.54, 1.807) is 16.4 Å². The van der Waals surface area contributed by atoms with E-state index in [0.29, 0.717) is 6.61 Å². The van der Waals surface area contributed by atoms with Crippen LogP contribution in [0.25, 0.3) is 0 Å². The number of thioether (sulfide) groups is 1. The number of hydrogen-bond donors (Lipinski definition) is 1. The highest BCUT2D eigenvalue weighted by molar-refractivity contribution is 7.99. The molecule has 0 spiro atoms. The molecule has 2 heterocycles. The molecule has 1 aromatic heterocycles. The quantitative estimate of drug-likeness (QED) is 0.375. The Bertz CT molecular complexity index is 536. The van der Waals surface area contributed by atoms with Crippen molar-refractivity contribution in [3.63, 3.8) is 0 Å². The van der Waals surface area contributed by atoms with Gasteiger partial charge in [0.05, 0.1) is 25.1 Å². The fourth-order valence-electron chi connectivity index (χ4n) is 2.35. The molecule has 1 fully saturated rings. The van der Waals surface area contributed by atoms with Crippen molar-refractivity contribution in [3.05, 3.63) is 18.0 Å². The topological polar surface area (TPSA) is 54.7 Å². The first kappa shape index (κ1) is 16.7. The molecule has 1 unspecified atom stereocenters. The van der Waals surface area contributed by atoms with Crippen LogP contribution in [0.15, 0.2) is 17.4 Å². The van der Waals surface area contributed by atoms with E-state index >= 15 is 0 Å². The number of ether oxygens (including phenoxy) is 1. The van der Waals surface area contributed by atoms with Crippen LogP contribution in [0.3, 0.4) is 0 Å². The molecule has 1 aliphatic rings. The fraction of sp³-hybridized carbons (Fsp3) is 0.600. The maximum Gasteiger partial charge on any atom is 0.193 e. The van der Waals surface area contributed by atoms with Crippen molar-refractivity contribution in [1.82, 2.24) is 20.0 Å². The highest BCUT2D eigenvalue weighted by atomic mass is 32.2. The van der Waals surface area contributed by atoms with Gasteiger partial charge in [0.2, 0.25) is 0 Å². The van der Waals surface area contributed by atoms with Gasteiger partial charge in [0.15, 0.2) is 5.96 Å². The number of guanidine groups is 1. The first-order chi connectivity index (χ1) is 10.7. The summed E-state index contributed by atoms with van der Waals surface area (Å²) in [4.78, 5) is 6.60. The third kappa shape index (κ3) is 4.68. The lowest BCUT2D eigenvalue weighted by molar-refractivity contribution is -0.00798. The van der Waals surface area contributed by atoms with Crippen LogP contribution in [0.1, 0.15) is 11.7 Å². The monoisotopic (exact) mass is 321 g/mol. The van der Waals surface area contributed by atoms with Gasteiger partial charge >= 0.3 is 0 Å². The molecule has 0 aliphatic carbocycles. The Morgan fingerprint density at radius 1 is 1.68 bits per heavy atom. The minimum Gasteiger partial charge on any atom is -0.370 e. The summed E-state index contributed by atoms with van der Waals surface area (Å²) >= 11 is 1.74. The van der Waals surface area contributed by atoms with Crippen molar-refractivity contribution >= 4 is 17.7 Å². The van der Waals surface area contributed by atoms with E-state index in [-0.39, 0.29) is 6.10 Å². The molecule has 22 heavy (non-hydrogen) atoms. The molecular formula is C15H23N5OS. The van der Waals surface area contributed by atoms with E-state index in [0.717, 1.165) is 42.7 Å². The van der Waals surface area contributed by atoms with E-state index in [2.05, 4.69) is 26.2 Å². The Morgan fingerprint density at radius 3 is 3.23 bits per heavy atom. The second-order valence-electron chi connectivity index (χ2n) is 4.98. The minimum atomic E-state index is 0.0387. The number of nitrogens with zero attached hydrogens (tertiary/aromatic N) is 4. The first-order valence-electron chi connectivity index (χ1n) is 7.31. The number of aliphatic imine (C=N–C) groups is 1. The molecule has 0 aromatic carbocycles. The number of aryl methyl sites for hydroxylation is 1. The number of aromatic nitrogens is 2. The molecule has 1 saturated heterocycles. The number of terminal acetylenes is 1. The Labute approximate surface area is 136 Å². The van der Waals surface area contributed by atoms with Crippen molar-refractivity contribution in [2.75, 3.05) is 44.8 Å². The molecular weight excluding hydrogens is 298 g/mol. The zero-order valence-electron chi connectivity index (χ0n) is 13.2. The molecule has 0 saturated carbocycles. The van der Waals surface area contributed by atoms with Gasteiger partial charge in [-0.1, -0.05) is 5.92 Å². The van der Waals surface area contributed by atoms with E-state index in [1.807, 2.05) is 26.5 Å². The van der Waals surface area contributed by atoms with Crippen LogP contribution in [0, 0.1) is 12.3 Å². The predicted molar refractivity (Wildman–Crippen MR) is 91.0 cm³/mol. The Balaban J connectivity index is 1.85. The van der Waals surface area contributed by atoms with Crippen molar-refractivity contribution in [1.29, 1.82) is 0 Å². The molecule has 0 bridgehead atoms. The lowest BCUT2D eigenvalue weighted by atomic mass is 10.1. The summed E-state index contributed by atoms with van der Waals surface area (Å²) in [7, 11) is 3.73. The van der Waals surface area contributed by atoms with Crippen LogP contribution in [-0.4, -0.2) is 65.4 Å². The lowest BCUT2D eigenvalue weighted by Crippen LogP contribution is -2.48. The van der Waals surface area contributed by atoms with Gasteiger partial charge in [-0.25, -0.2) is 0 Å². The molecule has 1 aromatic rings. The van der Waals surface area contributed by atoms with E-state index in [1.165, 1.54) is 0 Å². The van der Waals surface area contributed by atoms with Crippen LogP contribution in [0.5, 0.6) is 0 Å². The SMILES string of the molecule is C#CCSCCNC(=NC)N1CCOC(c2cnn(C)c2)C1. The summed E-state index contributed by atoms with van der Waals surface area (Å²) in [6.45, 7) is 3.16. The fourth-order valence-corrected chi connectivity index (χ4v) is 2.86. The average molecular weight is 321 g/mol. The summed E-state index contributed by atoms with van der Waals surface area (Å²) in [5.41, 5.74) is 1.10. The van der Waals surface area contributed by atoms with Gasteiger partial charge in [0, 0.05) is 44.7 Å². The van der Waals surface area contributed by atoms with Crippen LogP contribution < -0.4 is 5.32 Å². The maximum absolute atomic E-state index is 5.86. The largest absolute Gasteiger partial charge is 0.370 e. The average Bonchev–Trinajstić information content (AvgIpc) is 2.98. The van der Waals surface area contributed by atoms with Crippen molar-refractivity contribution in [2.24, 2.45) is 12.0 Å². The third-order valence-corrected chi connectivity index (χ3v) is 4.25. The zero-order valence-corrected chi connectivity index (χ0v) is 14.0. The van der Waals surface area contributed by atoms with Crippen LogP contribution in [-0.2, 0) is 11.8 Å². The number of nitrogens with one attached hydrogen (secondary N) is 1. The molecule has 0 radical (unpaired) electrons. The molecule has 6 nitrogen and oxygen atoms in total. The highest BCUT2D eigenvalue weighted by Crippen LogP contribution is 2.21. The number of hydrogen-bond acceptors (Lipinski definition) is 4. The first-order valence-corrected chi connectivity index (χ1v) is 8.47. The van der Waals surface area contributed by atoms with Gasteiger partial charge < -0.3 is 15.0 Å². The van der Waals surface area contributed by atoms with Crippen molar-refractivity contribution in [3.8, 4) is 12.3 Å². The predicted octanol–water partition coefficient (Wildman–Crippen LogP) is 0.735. The lowest BCUT2D eigenvalue weighted by Gasteiger charge is -2.34. The second kappa shape index (κ2) is 8.71. The van der Waals surface area contributed by atoms with Gasteiger partial charge in [0.25, 0.3) is 0 Å². The summed E-state index contributed by atoms with van der Waals surface area (Å²) in [6, 6.07) is 0. The van der Waals surface area contributed by atoms with E-state index in [9.17, 15) is 0 Å². The number of morpholine rings is 1. The maximum atomic E-state index is 5.86. The molecule has 7 heteroatoms. The minimum absolute atomic E-state index is 0.0387. The Morgan fingerprint density at radius 2 is 2.55 bits per heavy atom. The summed E-state index contributed by atoms with van der Waals surface area (Å²) in [6.07, 6.45) is 9.14. The van der Waals surface area contributed by atoms with Gasteiger partial charge in [-0.05, 0) is 0 Å². The van der Waals surface area contributed by atoms with E-state index in [4.69, 9.17) is 11.2 Å². The smallest absolute Gasteiger partial charge is 0.193 e. The van der Waals surface area contributed by atoms with Crippen molar-refractivity contribution in [2.45, 2.75) is 6.10 Å². The Kier molecular flexibility index (Phi) is 6.62. The summed E-state index contributed by atoms with van der Waals surface area (Å²) in [5.74, 6) is 5.27. The van der Waals surface area contributed by atoms with Crippen molar-refractivity contribution < 1.29 is 4.74 Å². The third-order valence-electron chi connectivity index (χ3n) is 3.39. The summed E-state index contributed by atoms with van der Waals surface area (Å²) in [5, 5.41) is 7.60. The van der Waals surface area contributed by atoms with Gasteiger partial charge in [-0.2, -0.15) is 5.10 Å².